The first-order chi connectivity index (χ1) is 14.3. The summed E-state index contributed by atoms with van der Waals surface area (Å²) >= 11 is 0. The van der Waals surface area contributed by atoms with Gasteiger partial charge in [-0.15, -0.1) is 0 Å². The van der Waals surface area contributed by atoms with Gasteiger partial charge in [-0.3, -0.25) is 14.5 Å². The van der Waals surface area contributed by atoms with E-state index in [0.29, 0.717) is 24.6 Å². The van der Waals surface area contributed by atoms with Gasteiger partial charge in [-0.1, -0.05) is 68.4 Å². The van der Waals surface area contributed by atoms with Crippen molar-refractivity contribution in [2.24, 2.45) is 0 Å². The van der Waals surface area contributed by atoms with E-state index in [0.717, 1.165) is 16.0 Å². The van der Waals surface area contributed by atoms with E-state index in [2.05, 4.69) is 19.2 Å². The number of imide groups is 1. The van der Waals surface area contributed by atoms with Crippen LogP contribution in [0, 0.1) is 0 Å². The zero-order chi connectivity index (χ0) is 21.9. The van der Waals surface area contributed by atoms with E-state index in [-0.39, 0.29) is 12.5 Å². The van der Waals surface area contributed by atoms with Gasteiger partial charge in [0.15, 0.2) is 0 Å². The minimum absolute atomic E-state index is 0.260. The van der Waals surface area contributed by atoms with Crippen molar-refractivity contribution in [3.8, 4) is 0 Å². The van der Waals surface area contributed by atoms with E-state index in [1.807, 2.05) is 61.5 Å². The maximum absolute atomic E-state index is 13.1. The molecule has 2 aromatic carbocycles. The molecule has 1 unspecified atom stereocenters. The summed E-state index contributed by atoms with van der Waals surface area (Å²) in [5.41, 5.74) is 1.69. The van der Waals surface area contributed by atoms with E-state index in [9.17, 15) is 14.4 Å². The van der Waals surface area contributed by atoms with Crippen molar-refractivity contribution >= 4 is 17.8 Å². The quantitative estimate of drug-likeness (QED) is 0.713. The molecule has 30 heavy (non-hydrogen) atoms. The number of amides is 4. The van der Waals surface area contributed by atoms with Gasteiger partial charge in [0, 0.05) is 13.1 Å². The predicted molar refractivity (Wildman–Crippen MR) is 116 cm³/mol. The van der Waals surface area contributed by atoms with Crippen LogP contribution in [0.15, 0.2) is 54.6 Å². The number of hydrogen-bond donors (Lipinski definition) is 1. The number of carbonyl (C=O) groups excluding carboxylic acids is 3. The van der Waals surface area contributed by atoms with Crippen LogP contribution >= 0.6 is 0 Å². The zero-order valence-electron chi connectivity index (χ0n) is 18.0. The van der Waals surface area contributed by atoms with Gasteiger partial charge in [0.05, 0.1) is 0 Å². The lowest BCUT2D eigenvalue weighted by molar-refractivity contribution is -0.139. The maximum Gasteiger partial charge on any atom is 0.325 e. The van der Waals surface area contributed by atoms with Gasteiger partial charge in [0.25, 0.3) is 5.91 Å². The first-order valence-corrected chi connectivity index (χ1v) is 10.3. The second-order valence-corrected chi connectivity index (χ2v) is 8.12. The standard InChI is InChI=1S/C24H29N3O3/c1-5-26(15-18-9-7-6-8-10-18)21(28)16-27-22(29)24(4,25-23(27)30)20-13-11-19(12-14-20)17(2)3/h6-14,17H,5,15-16H2,1-4H3,(H,25,30). The summed E-state index contributed by atoms with van der Waals surface area (Å²) < 4.78 is 0. The Morgan fingerprint density at radius 3 is 2.27 bits per heavy atom. The second-order valence-electron chi connectivity index (χ2n) is 8.12. The van der Waals surface area contributed by atoms with Gasteiger partial charge < -0.3 is 10.2 Å². The van der Waals surface area contributed by atoms with E-state index in [1.54, 1.807) is 11.8 Å². The fourth-order valence-corrected chi connectivity index (χ4v) is 3.65. The summed E-state index contributed by atoms with van der Waals surface area (Å²) in [5, 5.41) is 2.77. The Morgan fingerprint density at radius 1 is 1.07 bits per heavy atom. The third-order valence-corrected chi connectivity index (χ3v) is 5.67. The van der Waals surface area contributed by atoms with Gasteiger partial charge in [-0.05, 0) is 36.5 Å². The van der Waals surface area contributed by atoms with Crippen LogP contribution in [0.3, 0.4) is 0 Å². The van der Waals surface area contributed by atoms with E-state index in [1.165, 1.54) is 0 Å². The molecule has 0 bridgehead atoms. The average Bonchev–Trinajstić information content (AvgIpc) is 2.96. The molecule has 0 aromatic heterocycles. The molecule has 0 saturated carbocycles. The van der Waals surface area contributed by atoms with Gasteiger partial charge in [0.1, 0.15) is 12.1 Å². The molecule has 1 heterocycles. The van der Waals surface area contributed by atoms with Crippen molar-refractivity contribution in [1.29, 1.82) is 0 Å². The summed E-state index contributed by atoms with van der Waals surface area (Å²) in [6.45, 7) is 8.42. The molecule has 6 nitrogen and oxygen atoms in total. The Hall–Kier alpha value is -3.15. The van der Waals surface area contributed by atoms with E-state index >= 15 is 0 Å². The number of urea groups is 1. The Morgan fingerprint density at radius 2 is 1.70 bits per heavy atom. The molecule has 6 heteroatoms. The van der Waals surface area contributed by atoms with Crippen molar-refractivity contribution < 1.29 is 14.4 Å². The summed E-state index contributed by atoms with van der Waals surface area (Å²) in [4.78, 5) is 41.2. The molecule has 1 aliphatic rings. The Balaban J connectivity index is 1.74. The highest BCUT2D eigenvalue weighted by atomic mass is 16.2. The minimum atomic E-state index is -1.18. The second kappa shape index (κ2) is 8.69. The first kappa shape index (κ1) is 21.6. The summed E-state index contributed by atoms with van der Waals surface area (Å²) in [6, 6.07) is 16.8. The molecule has 0 radical (unpaired) electrons. The lowest BCUT2D eigenvalue weighted by Gasteiger charge is -2.25. The van der Waals surface area contributed by atoms with Crippen LogP contribution in [0.25, 0.3) is 0 Å². The molecule has 2 aromatic rings. The lowest BCUT2D eigenvalue weighted by Crippen LogP contribution is -2.44. The van der Waals surface area contributed by atoms with Crippen molar-refractivity contribution in [1.82, 2.24) is 15.1 Å². The molecular weight excluding hydrogens is 378 g/mol. The highest BCUT2D eigenvalue weighted by molar-refractivity contribution is 6.09. The molecule has 0 spiro atoms. The van der Waals surface area contributed by atoms with E-state index < -0.39 is 17.5 Å². The topological polar surface area (TPSA) is 69.7 Å². The normalized spacial score (nSPS) is 18.6. The Bertz CT molecular complexity index is 924. The largest absolute Gasteiger partial charge is 0.337 e. The van der Waals surface area contributed by atoms with Gasteiger partial charge in [-0.2, -0.15) is 0 Å². The molecule has 4 amide bonds. The molecule has 1 saturated heterocycles. The van der Waals surface area contributed by atoms with Crippen LogP contribution in [0.5, 0.6) is 0 Å². The zero-order valence-corrected chi connectivity index (χ0v) is 18.0. The first-order valence-electron chi connectivity index (χ1n) is 10.3. The van der Waals surface area contributed by atoms with Crippen molar-refractivity contribution in [3.05, 3.63) is 71.3 Å². The van der Waals surface area contributed by atoms with Crippen LogP contribution in [0.4, 0.5) is 4.79 Å². The van der Waals surface area contributed by atoms with Crippen LogP contribution in [0.2, 0.25) is 0 Å². The molecule has 1 aliphatic heterocycles. The smallest absolute Gasteiger partial charge is 0.325 e. The molecule has 0 aliphatic carbocycles. The molecule has 1 atom stereocenters. The minimum Gasteiger partial charge on any atom is -0.337 e. The average molecular weight is 408 g/mol. The SMILES string of the molecule is CCN(Cc1ccccc1)C(=O)CN1C(=O)NC(C)(c2ccc(C(C)C)cc2)C1=O. The van der Waals surface area contributed by atoms with Crippen LogP contribution in [-0.4, -0.2) is 40.7 Å². The van der Waals surface area contributed by atoms with Gasteiger partial charge in [0.2, 0.25) is 5.91 Å². The number of hydrogen-bond acceptors (Lipinski definition) is 3. The molecular formula is C24H29N3O3. The summed E-state index contributed by atoms with van der Waals surface area (Å²) in [7, 11) is 0. The third-order valence-electron chi connectivity index (χ3n) is 5.67. The molecule has 1 fully saturated rings. The fourth-order valence-electron chi connectivity index (χ4n) is 3.65. The highest BCUT2D eigenvalue weighted by Crippen LogP contribution is 2.30. The van der Waals surface area contributed by atoms with Gasteiger partial charge >= 0.3 is 6.03 Å². The van der Waals surface area contributed by atoms with Crippen molar-refractivity contribution in [3.63, 3.8) is 0 Å². The van der Waals surface area contributed by atoms with Gasteiger partial charge in [-0.25, -0.2) is 4.79 Å². The van der Waals surface area contributed by atoms with Crippen LogP contribution in [-0.2, 0) is 21.7 Å². The Kier molecular flexibility index (Phi) is 6.25. The summed E-state index contributed by atoms with van der Waals surface area (Å²) in [6.07, 6.45) is 0. The lowest BCUT2D eigenvalue weighted by atomic mass is 9.90. The number of nitrogens with one attached hydrogen (secondary N) is 1. The highest BCUT2D eigenvalue weighted by Gasteiger charge is 2.49. The predicted octanol–water partition coefficient (Wildman–Crippen LogP) is 3.63. The number of nitrogens with zero attached hydrogens (tertiary/aromatic N) is 2. The molecule has 158 valence electrons. The number of rotatable bonds is 7. The Labute approximate surface area is 177 Å². The van der Waals surface area contributed by atoms with Crippen LogP contribution in [0.1, 0.15) is 50.3 Å². The van der Waals surface area contributed by atoms with E-state index in [4.69, 9.17) is 0 Å². The number of benzene rings is 2. The number of carbonyl (C=O) groups is 3. The van der Waals surface area contributed by atoms with Crippen molar-refractivity contribution in [2.75, 3.05) is 13.1 Å². The monoisotopic (exact) mass is 407 g/mol. The van der Waals surface area contributed by atoms with Crippen LogP contribution < -0.4 is 5.32 Å². The molecule has 3 rings (SSSR count). The summed E-state index contributed by atoms with van der Waals surface area (Å²) in [5.74, 6) is -0.294. The van der Waals surface area contributed by atoms with Crippen molar-refractivity contribution in [2.45, 2.75) is 45.7 Å². The molecule has 1 N–H and O–H groups in total. The fraction of sp³-hybridized carbons (Fsp3) is 0.375. The maximum atomic E-state index is 13.1. The third kappa shape index (κ3) is 4.22. The number of likely N-dealkylation sites (N-methyl/N-ethyl adjacent to an activating group) is 1.